The van der Waals surface area contributed by atoms with Crippen molar-refractivity contribution in [3.05, 3.63) is 35.9 Å². The van der Waals surface area contributed by atoms with Gasteiger partial charge in [-0.25, -0.2) is 9.48 Å². The number of anilines is 1. The van der Waals surface area contributed by atoms with Crippen LogP contribution >= 0.6 is 23.4 Å². The van der Waals surface area contributed by atoms with Gasteiger partial charge in [-0.05, 0) is 25.3 Å². The van der Waals surface area contributed by atoms with Gasteiger partial charge in [0.05, 0.1) is 24.0 Å². The standard InChI is InChI=1S/C14H18ClN5OS/c1-4-19(10-22-3)14(21)18(2)12-9-20(17-13(12)15)11-6-5-7-16-8-11/h5-9H,4,10H2,1-3H3. The highest BCUT2D eigenvalue weighted by Crippen LogP contribution is 2.26. The van der Waals surface area contributed by atoms with Crippen LogP contribution in [0.25, 0.3) is 5.69 Å². The van der Waals surface area contributed by atoms with E-state index in [1.54, 1.807) is 47.0 Å². The number of nitrogens with zero attached hydrogens (tertiary/aromatic N) is 5. The number of aromatic nitrogens is 3. The number of amides is 2. The Hall–Kier alpha value is -1.73. The van der Waals surface area contributed by atoms with Gasteiger partial charge in [0.25, 0.3) is 0 Å². The first-order chi connectivity index (χ1) is 10.6. The van der Waals surface area contributed by atoms with Gasteiger partial charge in [-0.2, -0.15) is 5.10 Å². The van der Waals surface area contributed by atoms with Crippen molar-refractivity contribution >= 4 is 35.1 Å². The minimum atomic E-state index is -0.107. The number of halogens is 1. The predicted molar refractivity (Wildman–Crippen MR) is 90.9 cm³/mol. The second kappa shape index (κ2) is 7.51. The number of carbonyl (C=O) groups is 1. The average molecular weight is 340 g/mol. The second-order valence-corrected chi connectivity index (χ2v) is 5.77. The quantitative estimate of drug-likeness (QED) is 0.785. The Morgan fingerprint density at radius 2 is 2.27 bits per heavy atom. The molecule has 0 aliphatic rings. The van der Waals surface area contributed by atoms with Crippen molar-refractivity contribution in [3.8, 4) is 5.69 Å². The molecule has 0 saturated carbocycles. The lowest BCUT2D eigenvalue weighted by molar-refractivity contribution is 0.217. The predicted octanol–water partition coefficient (Wildman–Crippen LogP) is 3.12. The third kappa shape index (κ3) is 3.53. The number of hydrogen-bond acceptors (Lipinski definition) is 4. The van der Waals surface area contributed by atoms with Crippen LogP contribution in [0.15, 0.2) is 30.7 Å². The highest BCUT2D eigenvalue weighted by Gasteiger charge is 2.21. The van der Waals surface area contributed by atoms with E-state index in [-0.39, 0.29) is 11.2 Å². The van der Waals surface area contributed by atoms with Gasteiger partial charge in [-0.1, -0.05) is 11.6 Å². The highest BCUT2D eigenvalue weighted by molar-refractivity contribution is 7.98. The maximum absolute atomic E-state index is 12.5. The fourth-order valence-electron chi connectivity index (χ4n) is 1.94. The van der Waals surface area contributed by atoms with Gasteiger partial charge in [-0.3, -0.25) is 9.88 Å². The minimum Gasteiger partial charge on any atom is -0.315 e. The van der Waals surface area contributed by atoms with E-state index in [1.807, 2.05) is 25.3 Å². The Balaban J connectivity index is 2.25. The van der Waals surface area contributed by atoms with Crippen molar-refractivity contribution in [1.82, 2.24) is 19.7 Å². The van der Waals surface area contributed by atoms with E-state index in [0.29, 0.717) is 18.1 Å². The molecule has 2 aromatic heterocycles. The third-order valence-electron chi connectivity index (χ3n) is 3.15. The molecule has 6 nitrogen and oxygen atoms in total. The molecule has 2 amide bonds. The molecule has 0 fully saturated rings. The zero-order valence-corrected chi connectivity index (χ0v) is 14.3. The lowest BCUT2D eigenvalue weighted by Crippen LogP contribution is -2.41. The molecule has 0 aliphatic heterocycles. The SMILES string of the molecule is CCN(CSC)C(=O)N(C)c1cn(-c2cccnc2)nc1Cl. The molecule has 2 heterocycles. The Kier molecular flexibility index (Phi) is 5.68. The molecule has 0 spiro atoms. The molecular weight excluding hydrogens is 322 g/mol. The zero-order chi connectivity index (χ0) is 16.1. The van der Waals surface area contributed by atoms with Crippen LogP contribution in [-0.2, 0) is 0 Å². The van der Waals surface area contributed by atoms with Crippen LogP contribution in [0.3, 0.4) is 0 Å². The summed E-state index contributed by atoms with van der Waals surface area (Å²) in [6.45, 7) is 2.58. The maximum atomic E-state index is 12.5. The summed E-state index contributed by atoms with van der Waals surface area (Å²) in [6, 6.07) is 3.58. The number of urea groups is 1. The summed E-state index contributed by atoms with van der Waals surface area (Å²) in [4.78, 5) is 19.8. The number of carbonyl (C=O) groups excluding carboxylic acids is 1. The van der Waals surface area contributed by atoms with Crippen molar-refractivity contribution < 1.29 is 4.79 Å². The first kappa shape index (κ1) is 16.6. The topological polar surface area (TPSA) is 54.3 Å². The summed E-state index contributed by atoms with van der Waals surface area (Å²) in [5, 5.41) is 4.52. The molecule has 0 N–H and O–H groups in total. The highest BCUT2D eigenvalue weighted by atomic mass is 35.5. The van der Waals surface area contributed by atoms with Crippen LogP contribution in [0.5, 0.6) is 0 Å². The van der Waals surface area contributed by atoms with E-state index in [2.05, 4.69) is 10.1 Å². The van der Waals surface area contributed by atoms with Crippen molar-refractivity contribution in [2.24, 2.45) is 0 Å². The largest absolute Gasteiger partial charge is 0.325 e. The number of pyridine rings is 1. The summed E-state index contributed by atoms with van der Waals surface area (Å²) in [5.74, 6) is 0.633. The van der Waals surface area contributed by atoms with Crippen LogP contribution in [0.1, 0.15) is 6.92 Å². The van der Waals surface area contributed by atoms with Crippen molar-refractivity contribution in [2.45, 2.75) is 6.92 Å². The van der Waals surface area contributed by atoms with Gasteiger partial charge in [0.2, 0.25) is 0 Å². The van der Waals surface area contributed by atoms with E-state index < -0.39 is 0 Å². The molecular formula is C14H18ClN5OS. The maximum Gasteiger partial charge on any atom is 0.325 e. The van der Waals surface area contributed by atoms with Crippen molar-refractivity contribution in [3.63, 3.8) is 0 Å². The van der Waals surface area contributed by atoms with Gasteiger partial charge in [0.15, 0.2) is 5.15 Å². The molecule has 0 saturated heterocycles. The number of thioether (sulfide) groups is 1. The van der Waals surface area contributed by atoms with Gasteiger partial charge in [0.1, 0.15) is 5.69 Å². The van der Waals surface area contributed by atoms with Crippen LogP contribution in [0.2, 0.25) is 5.15 Å². The monoisotopic (exact) mass is 339 g/mol. The van der Waals surface area contributed by atoms with Crippen LogP contribution < -0.4 is 4.90 Å². The van der Waals surface area contributed by atoms with E-state index in [9.17, 15) is 4.79 Å². The van der Waals surface area contributed by atoms with Gasteiger partial charge < -0.3 is 4.90 Å². The van der Waals surface area contributed by atoms with Gasteiger partial charge in [-0.15, -0.1) is 11.8 Å². The normalized spacial score (nSPS) is 10.5. The molecule has 0 unspecified atom stereocenters. The molecule has 2 rings (SSSR count). The fraction of sp³-hybridized carbons (Fsp3) is 0.357. The Morgan fingerprint density at radius 1 is 1.50 bits per heavy atom. The summed E-state index contributed by atoms with van der Waals surface area (Å²) in [5.41, 5.74) is 1.35. The molecule has 0 bridgehead atoms. The molecule has 0 radical (unpaired) electrons. The van der Waals surface area contributed by atoms with E-state index in [4.69, 9.17) is 11.6 Å². The van der Waals surface area contributed by atoms with E-state index in [1.165, 1.54) is 4.90 Å². The van der Waals surface area contributed by atoms with Crippen molar-refractivity contribution in [1.29, 1.82) is 0 Å². The summed E-state index contributed by atoms with van der Waals surface area (Å²) < 4.78 is 1.61. The molecule has 22 heavy (non-hydrogen) atoms. The molecule has 0 aliphatic carbocycles. The number of hydrogen-bond donors (Lipinski definition) is 0. The Bertz CT molecular complexity index is 633. The Labute approximate surface area is 139 Å². The summed E-state index contributed by atoms with van der Waals surface area (Å²) in [7, 11) is 1.70. The zero-order valence-electron chi connectivity index (χ0n) is 12.7. The minimum absolute atomic E-state index is 0.107. The molecule has 2 aromatic rings. The smallest absolute Gasteiger partial charge is 0.315 e. The average Bonchev–Trinajstić information content (AvgIpc) is 2.94. The Morgan fingerprint density at radius 3 is 2.86 bits per heavy atom. The van der Waals surface area contributed by atoms with Gasteiger partial charge in [0, 0.05) is 19.8 Å². The number of rotatable bonds is 5. The van der Waals surface area contributed by atoms with Crippen LogP contribution in [0.4, 0.5) is 10.5 Å². The van der Waals surface area contributed by atoms with Crippen LogP contribution in [0, 0.1) is 0 Å². The lowest BCUT2D eigenvalue weighted by atomic mass is 10.4. The molecule has 8 heteroatoms. The fourth-order valence-corrected chi connectivity index (χ4v) is 2.80. The van der Waals surface area contributed by atoms with E-state index in [0.717, 1.165) is 5.69 Å². The van der Waals surface area contributed by atoms with Crippen LogP contribution in [-0.4, -0.2) is 51.4 Å². The first-order valence-electron chi connectivity index (χ1n) is 6.75. The van der Waals surface area contributed by atoms with Gasteiger partial charge >= 0.3 is 6.03 Å². The third-order valence-corrected chi connectivity index (χ3v) is 3.99. The molecule has 0 aromatic carbocycles. The van der Waals surface area contributed by atoms with E-state index >= 15 is 0 Å². The van der Waals surface area contributed by atoms with Crippen molar-refractivity contribution in [2.75, 3.05) is 30.6 Å². The lowest BCUT2D eigenvalue weighted by Gasteiger charge is -2.25. The first-order valence-corrected chi connectivity index (χ1v) is 8.52. The summed E-state index contributed by atoms with van der Waals surface area (Å²) in [6.07, 6.45) is 7.06. The second-order valence-electron chi connectivity index (χ2n) is 4.58. The molecule has 118 valence electrons. The molecule has 0 atom stereocenters. The summed E-state index contributed by atoms with van der Waals surface area (Å²) >= 11 is 7.79.